The Morgan fingerprint density at radius 2 is 2.20 bits per heavy atom. The van der Waals surface area contributed by atoms with Crippen molar-refractivity contribution in [3.05, 3.63) is 29.3 Å². The summed E-state index contributed by atoms with van der Waals surface area (Å²) in [5, 5.41) is 11.1. The fourth-order valence-electron chi connectivity index (χ4n) is 1.84. The molecule has 1 heterocycles. The third-order valence-electron chi connectivity index (χ3n) is 2.57. The lowest BCUT2D eigenvalue weighted by molar-refractivity contribution is 0.474. The summed E-state index contributed by atoms with van der Waals surface area (Å²) in [4.78, 5) is 0.371. The van der Waals surface area contributed by atoms with Crippen LogP contribution in [0.2, 0.25) is 0 Å². The summed E-state index contributed by atoms with van der Waals surface area (Å²) in [6.45, 7) is 0. The Kier molecular flexibility index (Phi) is 4.02. The fourth-order valence-corrected chi connectivity index (χ4v) is 4.72. The maximum atomic E-state index is 9.49. The van der Waals surface area contributed by atoms with E-state index in [2.05, 4.69) is 37.9 Å². The first-order chi connectivity index (χ1) is 7.22. The molecule has 15 heavy (non-hydrogen) atoms. The zero-order chi connectivity index (χ0) is 10.8. The molecule has 0 fully saturated rings. The molecule has 1 aromatic rings. The Hall–Kier alpha value is 0.330. The number of benzene rings is 1. The second-order valence-electron chi connectivity index (χ2n) is 3.58. The number of hydrogen-bond donors (Lipinski definition) is 1. The van der Waals surface area contributed by atoms with Crippen LogP contribution in [-0.4, -0.2) is 16.2 Å². The van der Waals surface area contributed by atoms with Gasteiger partial charge in [-0.25, -0.2) is 0 Å². The predicted molar refractivity (Wildman–Crippen MR) is 73.4 cm³/mol. The van der Waals surface area contributed by atoms with Crippen molar-refractivity contribution in [2.45, 2.75) is 16.5 Å². The minimum absolute atomic E-state index is 0.364. The van der Waals surface area contributed by atoms with E-state index in [-0.39, 0.29) is 0 Å². The van der Waals surface area contributed by atoms with Crippen molar-refractivity contribution in [1.82, 2.24) is 0 Å². The van der Waals surface area contributed by atoms with Gasteiger partial charge in [0.05, 0.1) is 0 Å². The first-order valence-corrected chi connectivity index (χ1v) is 7.95. The molecule has 1 aliphatic rings. The molecular weight excluding hydrogens is 340 g/mol. The Bertz CT molecular complexity index is 356. The van der Waals surface area contributed by atoms with E-state index in [1.807, 2.05) is 17.8 Å². The molecule has 0 aliphatic carbocycles. The molecule has 0 spiro atoms. The topological polar surface area (TPSA) is 20.2 Å². The third-order valence-corrected chi connectivity index (χ3v) is 5.69. The van der Waals surface area contributed by atoms with Crippen LogP contribution in [0.3, 0.4) is 0 Å². The van der Waals surface area contributed by atoms with Crippen molar-refractivity contribution in [2.75, 3.05) is 11.1 Å². The molecule has 2 unspecified atom stereocenters. The number of hydrogen-bond acceptors (Lipinski definition) is 2. The van der Waals surface area contributed by atoms with Gasteiger partial charge in [-0.1, -0.05) is 37.9 Å². The van der Waals surface area contributed by atoms with Gasteiger partial charge in [0.2, 0.25) is 0 Å². The highest BCUT2D eigenvalue weighted by Gasteiger charge is 2.25. The summed E-state index contributed by atoms with van der Waals surface area (Å²) in [5.41, 5.74) is 2.62. The highest BCUT2D eigenvalue weighted by molar-refractivity contribution is 9.09. The summed E-state index contributed by atoms with van der Waals surface area (Å²) in [5.74, 6) is 1.44. The van der Waals surface area contributed by atoms with Crippen molar-refractivity contribution in [3.8, 4) is 5.75 Å². The number of phenolic OH excluding ortho intramolecular Hbond substituents is 1. The molecule has 0 saturated carbocycles. The van der Waals surface area contributed by atoms with E-state index in [1.54, 1.807) is 6.07 Å². The number of aromatic hydroxyl groups is 1. The Morgan fingerprint density at radius 3 is 2.93 bits per heavy atom. The normalized spacial score (nSPS) is 24.9. The second-order valence-corrected chi connectivity index (χ2v) is 6.71. The van der Waals surface area contributed by atoms with Crippen molar-refractivity contribution < 1.29 is 5.11 Å². The van der Waals surface area contributed by atoms with Crippen LogP contribution in [0.25, 0.3) is 0 Å². The molecular formula is C11H12Br2OS. The molecule has 1 N–H and O–H groups in total. The standard InChI is InChI=1S/C11H12Br2OS/c12-4-3-11-8-2-1-7(14)5-9(8)10(13)6-15-11/h1-2,5,10-11,14H,3-4,6H2. The van der Waals surface area contributed by atoms with E-state index in [0.29, 0.717) is 15.8 Å². The van der Waals surface area contributed by atoms with Crippen molar-refractivity contribution >= 4 is 43.6 Å². The van der Waals surface area contributed by atoms with E-state index >= 15 is 0 Å². The Labute approximate surface area is 111 Å². The van der Waals surface area contributed by atoms with Gasteiger partial charge in [-0.05, 0) is 29.7 Å². The first-order valence-electron chi connectivity index (χ1n) is 4.87. The quantitative estimate of drug-likeness (QED) is 0.797. The molecule has 1 nitrogen and oxygen atoms in total. The van der Waals surface area contributed by atoms with Gasteiger partial charge in [-0.3, -0.25) is 0 Å². The lowest BCUT2D eigenvalue weighted by Crippen LogP contribution is -2.10. The molecule has 2 rings (SSSR count). The SMILES string of the molecule is Oc1ccc2c(c1)C(Br)CSC2CCBr. The second kappa shape index (κ2) is 5.11. The highest BCUT2D eigenvalue weighted by Crippen LogP contribution is 2.47. The zero-order valence-corrected chi connectivity index (χ0v) is 12.1. The van der Waals surface area contributed by atoms with Crippen LogP contribution in [0.4, 0.5) is 0 Å². The van der Waals surface area contributed by atoms with Gasteiger partial charge in [-0.2, -0.15) is 11.8 Å². The molecule has 2 atom stereocenters. The largest absolute Gasteiger partial charge is 0.508 e. The van der Waals surface area contributed by atoms with Crippen LogP contribution < -0.4 is 0 Å². The summed E-state index contributed by atoms with van der Waals surface area (Å²) >= 11 is 9.13. The molecule has 0 saturated heterocycles. The minimum Gasteiger partial charge on any atom is -0.508 e. The van der Waals surface area contributed by atoms with Gasteiger partial charge < -0.3 is 5.11 Å². The van der Waals surface area contributed by atoms with Crippen LogP contribution in [0.15, 0.2) is 18.2 Å². The summed E-state index contributed by atoms with van der Waals surface area (Å²) in [6.07, 6.45) is 1.14. The van der Waals surface area contributed by atoms with E-state index < -0.39 is 0 Å². The monoisotopic (exact) mass is 350 g/mol. The van der Waals surface area contributed by atoms with Crippen LogP contribution >= 0.6 is 43.6 Å². The number of halogens is 2. The smallest absolute Gasteiger partial charge is 0.115 e. The van der Waals surface area contributed by atoms with E-state index in [0.717, 1.165) is 17.5 Å². The number of fused-ring (bicyclic) bond motifs is 1. The molecule has 0 bridgehead atoms. The molecule has 4 heteroatoms. The molecule has 1 aromatic carbocycles. The first kappa shape index (κ1) is 11.8. The number of phenols is 1. The summed E-state index contributed by atoms with van der Waals surface area (Å²) in [7, 11) is 0. The van der Waals surface area contributed by atoms with Gasteiger partial charge in [0.1, 0.15) is 5.75 Å². The highest BCUT2D eigenvalue weighted by atomic mass is 79.9. The maximum absolute atomic E-state index is 9.49. The lowest BCUT2D eigenvalue weighted by atomic mass is 10.00. The van der Waals surface area contributed by atoms with Gasteiger partial charge in [0.15, 0.2) is 0 Å². The van der Waals surface area contributed by atoms with Gasteiger partial charge >= 0.3 is 0 Å². The van der Waals surface area contributed by atoms with Crippen LogP contribution in [0, 0.1) is 0 Å². The molecule has 0 amide bonds. The van der Waals surface area contributed by atoms with Crippen LogP contribution in [-0.2, 0) is 0 Å². The Morgan fingerprint density at radius 1 is 1.40 bits per heavy atom. The molecule has 1 aliphatic heterocycles. The lowest BCUT2D eigenvalue weighted by Gasteiger charge is -2.28. The summed E-state index contributed by atoms with van der Waals surface area (Å²) in [6, 6.07) is 5.72. The average molecular weight is 352 g/mol. The van der Waals surface area contributed by atoms with E-state index in [4.69, 9.17) is 0 Å². The van der Waals surface area contributed by atoms with Crippen molar-refractivity contribution in [2.24, 2.45) is 0 Å². The van der Waals surface area contributed by atoms with Gasteiger partial charge in [-0.15, -0.1) is 0 Å². The molecule has 0 radical (unpaired) electrons. The molecule has 82 valence electrons. The number of thioether (sulfide) groups is 1. The van der Waals surface area contributed by atoms with Gasteiger partial charge in [0, 0.05) is 21.2 Å². The fraction of sp³-hybridized carbons (Fsp3) is 0.455. The number of rotatable bonds is 2. The molecule has 0 aromatic heterocycles. The van der Waals surface area contributed by atoms with Crippen LogP contribution in [0.1, 0.15) is 27.6 Å². The van der Waals surface area contributed by atoms with E-state index in [9.17, 15) is 5.11 Å². The predicted octanol–water partition coefficient (Wildman–Crippen LogP) is 4.40. The third kappa shape index (κ3) is 2.53. The van der Waals surface area contributed by atoms with E-state index in [1.165, 1.54) is 11.1 Å². The maximum Gasteiger partial charge on any atom is 0.115 e. The number of alkyl halides is 2. The Balaban J connectivity index is 2.36. The van der Waals surface area contributed by atoms with Gasteiger partial charge in [0.25, 0.3) is 0 Å². The summed E-state index contributed by atoms with van der Waals surface area (Å²) < 4.78 is 0. The van der Waals surface area contributed by atoms with Crippen LogP contribution in [0.5, 0.6) is 5.75 Å². The van der Waals surface area contributed by atoms with Crippen molar-refractivity contribution in [3.63, 3.8) is 0 Å². The minimum atomic E-state index is 0.364. The zero-order valence-electron chi connectivity index (χ0n) is 8.12. The van der Waals surface area contributed by atoms with Crippen molar-refractivity contribution in [1.29, 1.82) is 0 Å². The average Bonchev–Trinajstić information content (AvgIpc) is 2.23.